The van der Waals surface area contributed by atoms with E-state index >= 15 is 0 Å². The van der Waals surface area contributed by atoms with Crippen LogP contribution in [0.25, 0.3) is 11.3 Å². The summed E-state index contributed by atoms with van der Waals surface area (Å²) in [6.45, 7) is 1.47. The third-order valence-corrected chi connectivity index (χ3v) is 8.11. The molecule has 0 radical (unpaired) electrons. The second-order valence-corrected chi connectivity index (χ2v) is 10.6. The number of halogens is 1. The molecular formula is C19H18ClN5O4S3. The van der Waals surface area contributed by atoms with Gasteiger partial charge in [-0.1, -0.05) is 35.5 Å². The van der Waals surface area contributed by atoms with Gasteiger partial charge in [0.25, 0.3) is 5.91 Å². The Bertz CT molecular complexity index is 1230. The number of carbonyl (C=O) groups is 1. The van der Waals surface area contributed by atoms with Crippen molar-refractivity contribution in [3.8, 4) is 11.3 Å². The molecule has 13 heteroatoms. The number of amides is 1. The highest BCUT2D eigenvalue weighted by atomic mass is 35.5. The van der Waals surface area contributed by atoms with Crippen molar-refractivity contribution < 1.29 is 17.9 Å². The summed E-state index contributed by atoms with van der Waals surface area (Å²) in [6, 6.07) is 6.50. The maximum atomic E-state index is 12.8. The topological polar surface area (TPSA) is 114 Å². The molecule has 3 heterocycles. The van der Waals surface area contributed by atoms with Crippen LogP contribution in [0, 0.1) is 0 Å². The quantitative estimate of drug-likeness (QED) is 0.396. The maximum absolute atomic E-state index is 12.8. The lowest BCUT2D eigenvalue weighted by atomic mass is 10.2. The van der Waals surface area contributed by atoms with E-state index in [1.54, 1.807) is 35.9 Å². The zero-order valence-electron chi connectivity index (χ0n) is 16.8. The van der Waals surface area contributed by atoms with E-state index in [9.17, 15) is 13.2 Å². The number of hydrogen-bond donors (Lipinski definition) is 1. The van der Waals surface area contributed by atoms with Crippen LogP contribution in [0.2, 0.25) is 5.02 Å². The average Bonchev–Trinajstić information content (AvgIpc) is 3.28. The smallest absolute Gasteiger partial charge is 0.277 e. The highest BCUT2D eigenvalue weighted by Gasteiger charge is 2.26. The Balaban J connectivity index is 1.48. The van der Waals surface area contributed by atoms with Crippen LogP contribution >= 0.6 is 34.7 Å². The van der Waals surface area contributed by atoms with Gasteiger partial charge in [0, 0.05) is 24.0 Å². The molecule has 0 aliphatic carbocycles. The van der Waals surface area contributed by atoms with Crippen molar-refractivity contribution in [2.45, 2.75) is 10.1 Å². The molecule has 4 rings (SSSR count). The summed E-state index contributed by atoms with van der Waals surface area (Å²) in [5, 5.41) is 5.42. The Morgan fingerprint density at radius 3 is 2.62 bits per heavy atom. The van der Waals surface area contributed by atoms with Crippen LogP contribution in [0.4, 0.5) is 5.13 Å². The standard InChI is InChI=1S/C19H18ClN5O4S3/c1-30-18-21-10-14(20)16(23-18)17(26)24-19-22-15(11-31-19)12-2-4-13(5-3-12)32(27,28)25-6-8-29-9-7-25/h2-5,10-11H,6-9H2,1H3,(H,22,24,26). The number of sulfonamides is 1. The van der Waals surface area contributed by atoms with Crippen LogP contribution in [0.15, 0.2) is 45.9 Å². The van der Waals surface area contributed by atoms with Gasteiger partial charge in [0.2, 0.25) is 10.0 Å². The molecule has 0 unspecified atom stereocenters. The Morgan fingerprint density at radius 1 is 1.22 bits per heavy atom. The molecule has 9 nitrogen and oxygen atoms in total. The van der Waals surface area contributed by atoms with Gasteiger partial charge in [0.05, 0.1) is 35.0 Å². The van der Waals surface area contributed by atoms with E-state index in [-0.39, 0.29) is 15.6 Å². The summed E-state index contributed by atoms with van der Waals surface area (Å²) in [5.74, 6) is -0.486. The Kier molecular flexibility index (Phi) is 7.08. The summed E-state index contributed by atoms with van der Waals surface area (Å²) >= 11 is 8.59. The van der Waals surface area contributed by atoms with Gasteiger partial charge in [-0.2, -0.15) is 4.31 Å². The zero-order valence-corrected chi connectivity index (χ0v) is 20.0. The first-order chi connectivity index (χ1) is 15.4. The molecule has 1 aromatic carbocycles. The SMILES string of the molecule is CSc1ncc(Cl)c(C(=O)Nc2nc(-c3ccc(S(=O)(=O)N4CCOCC4)cc3)cs2)n1. The van der Waals surface area contributed by atoms with E-state index in [1.807, 2.05) is 0 Å². The number of ether oxygens (including phenoxy) is 1. The fourth-order valence-electron chi connectivity index (χ4n) is 2.96. The Hall–Kier alpha value is -2.09. The lowest BCUT2D eigenvalue weighted by Crippen LogP contribution is -2.40. The number of nitrogens with zero attached hydrogens (tertiary/aromatic N) is 4. The van der Waals surface area contributed by atoms with Gasteiger partial charge >= 0.3 is 0 Å². The van der Waals surface area contributed by atoms with E-state index in [0.29, 0.717) is 42.3 Å². The van der Waals surface area contributed by atoms with Gasteiger partial charge in [-0.3, -0.25) is 10.1 Å². The third kappa shape index (κ3) is 4.95. The van der Waals surface area contributed by atoms with Crippen molar-refractivity contribution in [1.82, 2.24) is 19.3 Å². The first-order valence-corrected chi connectivity index (χ1v) is 13.3. The number of thiazole rings is 1. The number of anilines is 1. The Labute approximate surface area is 198 Å². The van der Waals surface area contributed by atoms with Gasteiger partial charge in [0.15, 0.2) is 16.0 Å². The minimum atomic E-state index is -3.56. The molecule has 2 aromatic heterocycles. The first-order valence-electron chi connectivity index (χ1n) is 9.40. The lowest BCUT2D eigenvalue weighted by molar-refractivity contribution is 0.0730. The number of thioether (sulfide) groups is 1. The van der Waals surface area contributed by atoms with Gasteiger partial charge in [-0.15, -0.1) is 11.3 Å². The van der Waals surface area contributed by atoms with Crippen molar-refractivity contribution in [1.29, 1.82) is 0 Å². The highest BCUT2D eigenvalue weighted by molar-refractivity contribution is 7.98. The second kappa shape index (κ2) is 9.81. The molecule has 1 N–H and O–H groups in total. The monoisotopic (exact) mass is 511 g/mol. The number of benzene rings is 1. The molecule has 168 valence electrons. The highest BCUT2D eigenvalue weighted by Crippen LogP contribution is 2.27. The van der Waals surface area contributed by atoms with Crippen molar-refractivity contribution in [2.75, 3.05) is 37.9 Å². The summed E-state index contributed by atoms with van der Waals surface area (Å²) in [6.07, 6.45) is 3.19. The zero-order chi connectivity index (χ0) is 22.7. The van der Waals surface area contributed by atoms with Gasteiger partial charge in [-0.05, 0) is 18.4 Å². The van der Waals surface area contributed by atoms with Crippen LogP contribution in [0.5, 0.6) is 0 Å². The number of rotatable bonds is 6. The van der Waals surface area contributed by atoms with E-state index < -0.39 is 15.9 Å². The molecule has 3 aromatic rings. The minimum absolute atomic E-state index is 0.0699. The average molecular weight is 512 g/mol. The maximum Gasteiger partial charge on any atom is 0.277 e. The van der Waals surface area contributed by atoms with Crippen LogP contribution in [-0.4, -0.2) is 66.1 Å². The molecule has 1 aliphatic rings. The van der Waals surface area contributed by atoms with Gasteiger partial charge in [0.1, 0.15) is 0 Å². The van der Waals surface area contributed by atoms with Crippen molar-refractivity contribution in [3.63, 3.8) is 0 Å². The van der Waals surface area contributed by atoms with Crippen molar-refractivity contribution in [3.05, 3.63) is 46.6 Å². The number of hydrogen-bond acceptors (Lipinski definition) is 9. The van der Waals surface area contributed by atoms with E-state index in [2.05, 4.69) is 20.3 Å². The van der Waals surface area contributed by atoms with Crippen molar-refractivity contribution in [2.24, 2.45) is 0 Å². The molecule has 0 atom stereocenters. The van der Waals surface area contributed by atoms with E-state index in [4.69, 9.17) is 16.3 Å². The van der Waals surface area contributed by atoms with E-state index in [1.165, 1.54) is 33.6 Å². The van der Waals surface area contributed by atoms with Crippen LogP contribution in [-0.2, 0) is 14.8 Å². The lowest BCUT2D eigenvalue weighted by Gasteiger charge is -2.26. The molecule has 1 aliphatic heterocycles. The fourth-order valence-corrected chi connectivity index (χ4v) is 5.60. The Morgan fingerprint density at radius 2 is 1.94 bits per heavy atom. The van der Waals surface area contributed by atoms with Gasteiger partial charge in [-0.25, -0.2) is 23.4 Å². The predicted octanol–water partition coefficient (Wildman–Crippen LogP) is 3.25. The summed E-state index contributed by atoms with van der Waals surface area (Å²) < 4.78 is 32.2. The summed E-state index contributed by atoms with van der Waals surface area (Å²) in [5.41, 5.74) is 1.41. The molecule has 1 saturated heterocycles. The third-order valence-electron chi connectivity index (χ3n) is 4.60. The molecule has 1 fully saturated rings. The number of nitrogens with one attached hydrogen (secondary N) is 1. The normalized spacial score (nSPS) is 14.9. The number of carbonyl (C=O) groups excluding carboxylic acids is 1. The first kappa shape index (κ1) is 23.1. The fraction of sp³-hybridized carbons (Fsp3) is 0.263. The van der Waals surface area contributed by atoms with Gasteiger partial charge < -0.3 is 4.74 Å². The van der Waals surface area contributed by atoms with Crippen LogP contribution in [0.3, 0.4) is 0 Å². The summed E-state index contributed by atoms with van der Waals surface area (Å²) in [4.78, 5) is 25.3. The largest absolute Gasteiger partial charge is 0.379 e. The molecule has 0 saturated carbocycles. The van der Waals surface area contributed by atoms with Crippen LogP contribution < -0.4 is 5.32 Å². The number of aromatic nitrogens is 3. The molecule has 1 amide bonds. The molecule has 0 bridgehead atoms. The molecular weight excluding hydrogens is 494 g/mol. The van der Waals surface area contributed by atoms with Crippen LogP contribution in [0.1, 0.15) is 10.5 Å². The van der Waals surface area contributed by atoms with Crippen molar-refractivity contribution >= 4 is 55.8 Å². The van der Waals surface area contributed by atoms with E-state index in [0.717, 1.165) is 5.56 Å². The summed E-state index contributed by atoms with van der Waals surface area (Å²) in [7, 11) is -3.56. The molecule has 32 heavy (non-hydrogen) atoms. The minimum Gasteiger partial charge on any atom is -0.379 e. The predicted molar refractivity (Wildman–Crippen MR) is 124 cm³/mol. The number of morpholine rings is 1. The molecule has 0 spiro atoms. The second-order valence-electron chi connectivity index (χ2n) is 6.59.